The average molecular weight is 292 g/mol. The lowest BCUT2D eigenvalue weighted by Gasteiger charge is -2.12. The number of anilines is 1. The van der Waals surface area contributed by atoms with Gasteiger partial charge in [-0.15, -0.1) is 11.3 Å². The van der Waals surface area contributed by atoms with Crippen LogP contribution in [0.4, 0.5) is 5.82 Å². The first-order valence-corrected chi connectivity index (χ1v) is 6.86. The van der Waals surface area contributed by atoms with Gasteiger partial charge in [0, 0.05) is 4.88 Å². The second-order valence-corrected chi connectivity index (χ2v) is 5.55. The molecule has 106 valence electrons. The van der Waals surface area contributed by atoms with Crippen molar-refractivity contribution in [2.75, 3.05) is 5.43 Å². The highest BCUT2D eigenvalue weighted by atomic mass is 32.1. The number of nitrogens with two attached hydrogens (primary N) is 1. The molecule has 0 saturated heterocycles. The number of nitrogens with one attached hydrogen (secondary N) is 2. The van der Waals surface area contributed by atoms with Gasteiger partial charge in [-0.1, -0.05) is 0 Å². The minimum Gasteiger partial charge on any atom is -0.343 e. The summed E-state index contributed by atoms with van der Waals surface area (Å²) in [6.45, 7) is 5.79. The highest BCUT2D eigenvalue weighted by molar-refractivity contribution is 7.11. The van der Waals surface area contributed by atoms with E-state index in [-0.39, 0.29) is 17.6 Å². The molecule has 4 N–H and O–H groups in total. The van der Waals surface area contributed by atoms with Gasteiger partial charge in [-0.25, -0.2) is 15.8 Å². The van der Waals surface area contributed by atoms with Crippen molar-refractivity contribution >= 4 is 23.1 Å². The molecule has 0 bridgehead atoms. The van der Waals surface area contributed by atoms with Crippen LogP contribution in [0.5, 0.6) is 0 Å². The summed E-state index contributed by atoms with van der Waals surface area (Å²) in [4.78, 5) is 25.5. The van der Waals surface area contributed by atoms with Crippen molar-refractivity contribution in [1.29, 1.82) is 0 Å². The zero-order valence-corrected chi connectivity index (χ0v) is 12.3. The molecular weight excluding hydrogens is 276 g/mol. The van der Waals surface area contributed by atoms with Gasteiger partial charge in [-0.05, 0) is 20.8 Å². The number of aryl methyl sites for hydroxylation is 2. The van der Waals surface area contributed by atoms with Crippen molar-refractivity contribution in [1.82, 2.24) is 20.3 Å². The van der Waals surface area contributed by atoms with E-state index in [0.29, 0.717) is 5.82 Å². The fraction of sp³-hybridized carbons (Fsp3) is 0.333. The Bertz CT molecular complexity index is 626. The number of nitrogen functional groups attached to an aromatic ring is 1. The molecule has 1 amide bonds. The molecule has 2 rings (SSSR count). The molecule has 2 heterocycles. The molecule has 0 aliphatic carbocycles. The first kappa shape index (κ1) is 14.4. The van der Waals surface area contributed by atoms with Crippen molar-refractivity contribution in [2.24, 2.45) is 5.84 Å². The molecular formula is C12H16N6OS. The first-order chi connectivity index (χ1) is 9.51. The van der Waals surface area contributed by atoms with Crippen molar-refractivity contribution in [3.63, 3.8) is 0 Å². The number of nitrogens with zero attached hydrogens (tertiary/aromatic N) is 3. The molecule has 0 saturated carbocycles. The molecule has 7 nitrogen and oxygen atoms in total. The zero-order chi connectivity index (χ0) is 14.7. The molecule has 8 heteroatoms. The maximum atomic E-state index is 12.1. The topological polar surface area (TPSA) is 106 Å². The van der Waals surface area contributed by atoms with Crippen LogP contribution in [-0.4, -0.2) is 20.9 Å². The molecule has 0 radical (unpaired) electrons. The Balaban J connectivity index is 2.12. The molecule has 0 spiro atoms. The molecule has 2 aromatic rings. The van der Waals surface area contributed by atoms with Gasteiger partial charge in [0.05, 0.1) is 29.1 Å². The van der Waals surface area contributed by atoms with Gasteiger partial charge < -0.3 is 10.7 Å². The van der Waals surface area contributed by atoms with E-state index in [1.54, 1.807) is 11.3 Å². The second kappa shape index (κ2) is 5.93. The van der Waals surface area contributed by atoms with E-state index in [0.717, 1.165) is 15.6 Å². The van der Waals surface area contributed by atoms with E-state index in [1.807, 2.05) is 20.8 Å². The van der Waals surface area contributed by atoms with Gasteiger partial charge in [0.15, 0.2) is 5.82 Å². The predicted octanol–water partition coefficient (Wildman–Crippen LogP) is 1.33. The smallest absolute Gasteiger partial charge is 0.272 e. The Morgan fingerprint density at radius 3 is 2.70 bits per heavy atom. The van der Waals surface area contributed by atoms with Crippen molar-refractivity contribution in [3.8, 4) is 0 Å². The molecule has 2 aromatic heterocycles. The fourth-order valence-electron chi connectivity index (χ4n) is 1.83. The van der Waals surface area contributed by atoms with Crippen molar-refractivity contribution < 1.29 is 4.79 Å². The molecule has 20 heavy (non-hydrogen) atoms. The highest BCUT2D eigenvalue weighted by Gasteiger charge is 2.17. The molecule has 0 aromatic carbocycles. The number of aromatic nitrogens is 3. The van der Waals surface area contributed by atoms with Crippen LogP contribution in [0.3, 0.4) is 0 Å². The normalized spacial score (nSPS) is 12.0. The molecule has 0 aliphatic heterocycles. The SMILES string of the molecule is Cc1nc(C)c(C(C)NC(=O)c2cncc(NN)n2)s1. The van der Waals surface area contributed by atoms with E-state index < -0.39 is 0 Å². The quantitative estimate of drug-likeness (QED) is 0.580. The maximum Gasteiger partial charge on any atom is 0.272 e. The summed E-state index contributed by atoms with van der Waals surface area (Å²) in [6.07, 6.45) is 2.84. The van der Waals surface area contributed by atoms with Crippen LogP contribution in [0.15, 0.2) is 12.4 Å². The number of thiazole rings is 1. The van der Waals surface area contributed by atoms with Gasteiger partial charge in [0.2, 0.25) is 0 Å². The highest BCUT2D eigenvalue weighted by Crippen LogP contribution is 2.24. The van der Waals surface area contributed by atoms with Gasteiger partial charge in [0.25, 0.3) is 5.91 Å². The number of carbonyl (C=O) groups is 1. The van der Waals surface area contributed by atoms with Crippen LogP contribution in [0, 0.1) is 13.8 Å². The van der Waals surface area contributed by atoms with Gasteiger partial charge in [0.1, 0.15) is 5.69 Å². The second-order valence-electron chi connectivity index (χ2n) is 4.31. The lowest BCUT2D eigenvalue weighted by atomic mass is 10.2. The van der Waals surface area contributed by atoms with Crippen LogP contribution in [-0.2, 0) is 0 Å². The largest absolute Gasteiger partial charge is 0.343 e. The van der Waals surface area contributed by atoms with Gasteiger partial charge in [-0.2, -0.15) is 0 Å². The summed E-state index contributed by atoms with van der Waals surface area (Å²) in [5, 5.41) is 3.86. The summed E-state index contributed by atoms with van der Waals surface area (Å²) in [7, 11) is 0. The lowest BCUT2D eigenvalue weighted by molar-refractivity contribution is 0.0935. The van der Waals surface area contributed by atoms with Crippen molar-refractivity contribution in [2.45, 2.75) is 26.8 Å². The summed E-state index contributed by atoms with van der Waals surface area (Å²) < 4.78 is 0. The summed E-state index contributed by atoms with van der Waals surface area (Å²) in [5.41, 5.74) is 3.51. The molecule has 0 fully saturated rings. The third-order valence-electron chi connectivity index (χ3n) is 2.70. The van der Waals surface area contributed by atoms with E-state index >= 15 is 0 Å². The summed E-state index contributed by atoms with van der Waals surface area (Å²) in [5.74, 6) is 5.29. The fourth-order valence-corrected chi connectivity index (χ4v) is 2.76. The third-order valence-corrected chi connectivity index (χ3v) is 3.95. The van der Waals surface area contributed by atoms with E-state index in [9.17, 15) is 4.79 Å². The third kappa shape index (κ3) is 3.09. The lowest BCUT2D eigenvalue weighted by Crippen LogP contribution is -2.27. The number of hydrogen-bond acceptors (Lipinski definition) is 7. The van der Waals surface area contributed by atoms with E-state index in [2.05, 4.69) is 25.7 Å². The number of carbonyl (C=O) groups excluding carboxylic acids is 1. The maximum absolute atomic E-state index is 12.1. The number of hydrogen-bond donors (Lipinski definition) is 3. The predicted molar refractivity (Wildman–Crippen MR) is 77.3 cm³/mol. The molecule has 1 unspecified atom stereocenters. The number of rotatable bonds is 4. The van der Waals surface area contributed by atoms with Gasteiger partial charge in [-0.3, -0.25) is 9.78 Å². The number of amides is 1. The van der Waals surface area contributed by atoms with Crippen LogP contribution >= 0.6 is 11.3 Å². The Labute approximate surface area is 120 Å². The Morgan fingerprint density at radius 2 is 2.10 bits per heavy atom. The number of hydrazine groups is 1. The minimum atomic E-state index is -0.299. The van der Waals surface area contributed by atoms with Crippen LogP contribution in [0.1, 0.15) is 39.0 Å². The van der Waals surface area contributed by atoms with Crippen LogP contribution < -0.4 is 16.6 Å². The summed E-state index contributed by atoms with van der Waals surface area (Å²) >= 11 is 1.57. The Hall–Kier alpha value is -2.06. The molecule has 1 atom stereocenters. The minimum absolute atomic E-state index is 0.134. The Kier molecular flexibility index (Phi) is 4.26. The standard InChI is InChI=1S/C12H16N6OS/c1-6-11(20-8(3)15-6)7(2)16-12(19)9-4-14-5-10(17-9)18-13/h4-5,7H,13H2,1-3H3,(H,16,19)(H,17,18). The Morgan fingerprint density at radius 1 is 1.35 bits per heavy atom. The van der Waals surface area contributed by atoms with E-state index in [1.165, 1.54) is 12.4 Å². The average Bonchev–Trinajstić information content (AvgIpc) is 2.77. The first-order valence-electron chi connectivity index (χ1n) is 6.04. The van der Waals surface area contributed by atoms with E-state index in [4.69, 9.17) is 5.84 Å². The van der Waals surface area contributed by atoms with Gasteiger partial charge >= 0.3 is 0 Å². The van der Waals surface area contributed by atoms with Crippen molar-refractivity contribution in [3.05, 3.63) is 33.7 Å². The van der Waals surface area contributed by atoms with Crippen LogP contribution in [0.25, 0.3) is 0 Å². The zero-order valence-electron chi connectivity index (χ0n) is 11.5. The van der Waals surface area contributed by atoms with Crippen LogP contribution in [0.2, 0.25) is 0 Å². The summed E-state index contributed by atoms with van der Waals surface area (Å²) in [6, 6.07) is -0.134. The molecule has 0 aliphatic rings. The monoisotopic (exact) mass is 292 g/mol.